The third-order valence-electron chi connectivity index (χ3n) is 6.97. The molecular formula is C33H50N4. The molecule has 0 aromatic rings. The monoisotopic (exact) mass is 502 g/mol. The van der Waals surface area contributed by atoms with Crippen molar-refractivity contribution in [2.24, 2.45) is 10.1 Å². The van der Waals surface area contributed by atoms with E-state index in [1.54, 1.807) is 6.21 Å². The fraction of sp³-hybridized carbons (Fsp3) is 0.515. The van der Waals surface area contributed by atoms with Crippen molar-refractivity contribution in [1.82, 2.24) is 9.91 Å². The first kappa shape index (κ1) is 30.5. The van der Waals surface area contributed by atoms with Crippen molar-refractivity contribution in [3.8, 4) is 0 Å². The maximum absolute atomic E-state index is 4.87. The Hall–Kier alpha value is -2.72. The minimum Gasteiger partial charge on any atom is -0.296 e. The first-order valence-corrected chi connectivity index (χ1v) is 14.2. The van der Waals surface area contributed by atoms with Gasteiger partial charge in [-0.25, -0.2) is 0 Å². The van der Waals surface area contributed by atoms with Gasteiger partial charge >= 0.3 is 0 Å². The zero-order valence-corrected chi connectivity index (χ0v) is 24.1. The van der Waals surface area contributed by atoms with Gasteiger partial charge in [0.2, 0.25) is 0 Å². The van der Waals surface area contributed by atoms with E-state index in [9.17, 15) is 0 Å². The summed E-state index contributed by atoms with van der Waals surface area (Å²) in [4.78, 5) is 7.58. The predicted octanol–water partition coefficient (Wildman–Crippen LogP) is 8.20. The lowest BCUT2D eigenvalue weighted by Gasteiger charge is -2.31. The normalized spacial score (nSPS) is 18.6. The maximum Gasteiger partial charge on any atom is 0.126 e. The van der Waals surface area contributed by atoms with Crippen molar-refractivity contribution < 1.29 is 0 Å². The van der Waals surface area contributed by atoms with Crippen molar-refractivity contribution in [2.45, 2.75) is 85.1 Å². The molecule has 0 saturated heterocycles. The number of hydrazone groups is 1. The van der Waals surface area contributed by atoms with Crippen LogP contribution in [0.3, 0.4) is 0 Å². The largest absolute Gasteiger partial charge is 0.296 e. The molecule has 4 heteroatoms. The van der Waals surface area contributed by atoms with Crippen LogP contribution >= 0.6 is 0 Å². The number of hydrogen-bond acceptors (Lipinski definition) is 4. The SMILES string of the molecule is C=C/C=C\C(C/C(=C\C=C/C)C1=CC2=CCC(=C1)CN(C(C)CCCCCC)CC2)=NCN(C)/N=C\C. The van der Waals surface area contributed by atoms with Gasteiger partial charge in [-0.05, 0) is 62.8 Å². The van der Waals surface area contributed by atoms with Crippen LogP contribution in [0, 0.1) is 0 Å². The van der Waals surface area contributed by atoms with Crippen LogP contribution < -0.4 is 0 Å². The Morgan fingerprint density at radius 2 is 2.03 bits per heavy atom. The molecule has 37 heavy (non-hydrogen) atoms. The topological polar surface area (TPSA) is 31.2 Å². The number of nitrogens with zero attached hydrogens (tertiary/aromatic N) is 4. The highest BCUT2D eigenvalue weighted by Gasteiger charge is 2.20. The van der Waals surface area contributed by atoms with Gasteiger partial charge in [-0.1, -0.05) is 93.4 Å². The summed E-state index contributed by atoms with van der Waals surface area (Å²) in [7, 11) is 1.95. The van der Waals surface area contributed by atoms with E-state index in [0.717, 1.165) is 38.1 Å². The molecule has 1 aliphatic carbocycles. The van der Waals surface area contributed by atoms with E-state index in [-0.39, 0.29) is 0 Å². The average Bonchev–Trinajstić information content (AvgIpc) is 3.03. The molecule has 0 saturated carbocycles. The van der Waals surface area contributed by atoms with Crippen LogP contribution in [0.25, 0.3) is 0 Å². The number of fused-ring (bicyclic) bond motifs is 2. The zero-order valence-electron chi connectivity index (χ0n) is 24.1. The third-order valence-corrected chi connectivity index (χ3v) is 6.97. The van der Waals surface area contributed by atoms with Gasteiger partial charge in [-0.3, -0.25) is 14.9 Å². The lowest BCUT2D eigenvalue weighted by molar-refractivity contribution is 0.213. The molecule has 0 N–H and O–H groups in total. The van der Waals surface area contributed by atoms with Crippen molar-refractivity contribution in [2.75, 3.05) is 26.8 Å². The van der Waals surface area contributed by atoms with Gasteiger partial charge < -0.3 is 0 Å². The van der Waals surface area contributed by atoms with Gasteiger partial charge in [0.1, 0.15) is 6.67 Å². The van der Waals surface area contributed by atoms with E-state index in [1.807, 2.05) is 31.1 Å². The summed E-state index contributed by atoms with van der Waals surface area (Å²) < 4.78 is 0. The first-order chi connectivity index (χ1) is 18.0. The van der Waals surface area contributed by atoms with Crippen molar-refractivity contribution in [3.05, 3.63) is 83.6 Å². The summed E-state index contributed by atoms with van der Waals surface area (Å²) in [5, 5.41) is 6.15. The summed E-state index contributed by atoms with van der Waals surface area (Å²) in [5.41, 5.74) is 6.58. The second-order valence-corrected chi connectivity index (χ2v) is 10.1. The molecule has 1 aliphatic heterocycles. The molecule has 1 heterocycles. The molecule has 0 radical (unpaired) electrons. The first-order valence-electron chi connectivity index (χ1n) is 14.2. The van der Waals surface area contributed by atoms with E-state index < -0.39 is 0 Å². The number of hydrogen-bond donors (Lipinski definition) is 0. The molecule has 0 amide bonds. The van der Waals surface area contributed by atoms with Crippen LogP contribution in [0.5, 0.6) is 0 Å². The van der Waals surface area contributed by atoms with Gasteiger partial charge in [0.05, 0.1) is 0 Å². The summed E-state index contributed by atoms with van der Waals surface area (Å²) in [5.74, 6) is 0. The lowest BCUT2D eigenvalue weighted by Crippen LogP contribution is -2.36. The molecule has 2 rings (SSSR count). The van der Waals surface area contributed by atoms with Crippen LogP contribution in [-0.4, -0.2) is 54.7 Å². The van der Waals surface area contributed by atoms with E-state index in [4.69, 9.17) is 4.99 Å². The molecule has 2 bridgehead atoms. The van der Waals surface area contributed by atoms with Gasteiger partial charge in [0.15, 0.2) is 0 Å². The van der Waals surface area contributed by atoms with Crippen molar-refractivity contribution in [3.63, 3.8) is 0 Å². The minimum atomic E-state index is 0.522. The fourth-order valence-electron chi connectivity index (χ4n) is 4.79. The van der Waals surface area contributed by atoms with Crippen LogP contribution in [-0.2, 0) is 0 Å². The Labute approximate surface area is 227 Å². The van der Waals surface area contributed by atoms with Gasteiger partial charge in [0.25, 0.3) is 0 Å². The van der Waals surface area contributed by atoms with E-state index in [2.05, 4.69) is 79.9 Å². The second kappa shape index (κ2) is 17.7. The van der Waals surface area contributed by atoms with Crippen LogP contribution in [0.1, 0.15) is 79.1 Å². The highest BCUT2D eigenvalue weighted by Crippen LogP contribution is 2.29. The van der Waals surface area contributed by atoms with Crippen LogP contribution in [0.15, 0.2) is 93.6 Å². The van der Waals surface area contributed by atoms with E-state index in [1.165, 1.54) is 54.4 Å². The molecule has 0 fully saturated rings. The molecule has 0 aromatic heterocycles. The van der Waals surface area contributed by atoms with Crippen molar-refractivity contribution >= 4 is 11.9 Å². The highest BCUT2D eigenvalue weighted by atomic mass is 15.5. The van der Waals surface area contributed by atoms with Crippen LogP contribution in [0.4, 0.5) is 0 Å². The Kier molecular flexibility index (Phi) is 14.6. The molecule has 0 spiro atoms. The standard InChI is InChI=1S/C33H50N4/c1-7-11-14-15-16-28(5)37-22-21-29-19-20-30(26-37)24-32(23-29)31(17-12-8-2)25-33(18-13-9-3)34-27-36(6)35-10-4/h8-10,12-13,17-19,23-24,28H,3,7,11,14-16,20-22,25-27H2,1-2,4-6H3/b12-8-,18-13-,31-17+,34-33?,35-10-. The van der Waals surface area contributed by atoms with E-state index >= 15 is 0 Å². The summed E-state index contributed by atoms with van der Waals surface area (Å²) >= 11 is 0. The fourth-order valence-corrected chi connectivity index (χ4v) is 4.79. The molecule has 1 unspecified atom stereocenters. The quantitative estimate of drug-likeness (QED) is 0.0978. The minimum absolute atomic E-state index is 0.522. The Bertz CT molecular complexity index is 955. The number of rotatable bonds is 15. The Balaban J connectivity index is 2.29. The molecule has 1 atom stereocenters. The predicted molar refractivity (Wildman–Crippen MR) is 164 cm³/mol. The Morgan fingerprint density at radius 3 is 2.76 bits per heavy atom. The molecular weight excluding hydrogens is 452 g/mol. The Morgan fingerprint density at radius 1 is 1.19 bits per heavy atom. The lowest BCUT2D eigenvalue weighted by atomic mass is 9.96. The smallest absolute Gasteiger partial charge is 0.126 e. The zero-order chi connectivity index (χ0) is 26.9. The maximum atomic E-state index is 4.87. The third kappa shape index (κ3) is 11.5. The van der Waals surface area contributed by atoms with Gasteiger partial charge in [-0.15, -0.1) is 0 Å². The molecule has 0 aromatic carbocycles. The summed E-state index contributed by atoms with van der Waals surface area (Å²) in [6, 6.07) is 0.629. The molecule has 202 valence electrons. The van der Waals surface area contributed by atoms with Gasteiger partial charge in [-0.2, -0.15) is 5.10 Å². The van der Waals surface area contributed by atoms with E-state index in [0.29, 0.717) is 12.7 Å². The summed E-state index contributed by atoms with van der Waals surface area (Å²) in [6.07, 6.45) is 31.0. The average molecular weight is 503 g/mol. The summed E-state index contributed by atoms with van der Waals surface area (Å²) in [6.45, 7) is 15.3. The molecule has 4 nitrogen and oxygen atoms in total. The van der Waals surface area contributed by atoms with Crippen molar-refractivity contribution in [1.29, 1.82) is 0 Å². The van der Waals surface area contributed by atoms with Gasteiger partial charge in [0, 0.05) is 44.5 Å². The number of aliphatic imine (C=N–C) groups is 1. The van der Waals surface area contributed by atoms with Crippen LogP contribution in [0.2, 0.25) is 0 Å². The molecule has 2 aliphatic rings. The number of unbranched alkanes of at least 4 members (excludes halogenated alkanes) is 3. The second-order valence-electron chi connectivity index (χ2n) is 10.1. The number of allylic oxidation sites excluding steroid dienone is 11. The highest BCUT2D eigenvalue weighted by molar-refractivity contribution is 5.97.